The zero-order valence-electron chi connectivity index (χ0n) is 11.7. The second kappa shape index (κ2) is 6.55. The van der Waals surface area contributed by atoms with Crippen LogP contribution in [0.2, 0.25) is 0 Å². The van der Waals surface area contributed by atoms with E-state index in [0.717, 1.165) is 16.6 Å². The van der Waals surface area contributed by atoms with Crippen LogP contribution in [0.1, 0.15) is 5.56 Å². The summed E-state index contributed by atoms with van der Waals surface area (Å²) in [6, 6.07) is 11.3. The summed E-state index contributed by atoms with van der Waals surface area (Å²) in [5, 5.41) is 24.6. The molecule has 1 aromatic heterocycles. The van der Waals surface area contributed by atoms with Crippen molar-refractivity contribution in [2.45, 2.75) is 0 Å². The molecule has 1 heterocycles. The van der Waals surface area contributed by atoms with Crippen LogP contribution in [0.3, 0.4) is 0 Å². The van der Waals surface area contributed by atoms with Crippen molar-refractivity contribution >= 4 is 54.7 Å². The third-order valence-corrected chi connectivity index (χ3v) is 4.65. The molecule has 0 unspecified atom stereocenters. The number of nitrogens with one attached hydrogen (secondary N) is 1. The van der Waals surface area contributed by atoms with Gasteiger partial charge in [-0.05, 0) is 50.1 Å². The number of benzene rings is 2. The number of hydrogen-bond acceptors (Lipinski definition) is 5. The number of pyridine rings is 1. The van der Waals surface area contributed by atoms with Gasteiger partial charge in [-0.2, -0.15) is 5.10 Å². The van der Waals surface area contributed by atoms with Crippen LogP contribution in [0, 0.1) is 0 Å². The van der Waals surface area contributed by atoms with Crippen LogP contribution in [-0.4, -0.2) is 21.4 Å². The number of fused-ring (bicyclic) bond motifs is 1. The van der Waals surface area contributed by atoms with Crippen LogP contribution >= 0.6 is 31.9 Å². The van der Waals surface area contributed by atoms with Crippen LogP contribution < -0.4 is 5.43 Å². The topological polar surface area (TPSA) is 77.7 Å². The second-order valence-corrected chi connectivity index (χ2v) is 6.36. The molecule has 0 saturated carbocycles. The fraction of sp³-hybridized carbons (Fsp3) is 0. The van der Waals surface area contributed by atoms with E-state index in [-0.39, 0.29) is 11.5 Å². The predicted octanol–water partition coefficient (Wildman–Crippen LogP) is 4.62. The lowest BCUT2D eigenvalue weighted by atomic mass is 10.2. The Morgan fingerprint density at radius 2 is 1.87 bits per heavy atom. The van der Waals surface area contributed by atoms with Gasteiger partial charge in [0.25, 0.3) is 0 Å². The molecule has 3 aromatic rings. The molecular weight excluding hydrogens is 426 g/mol. The Labute approximate surface area is 148 Å². The maximum atomic E-state index is 9.81. The normalized spacial score (nSPS) is 11.2. The lowest BCUT2D eigenvalue weighted by molar-refractivity contribution is 0.399. The van der Waals surface area contributed by atoms with Crippen molar-refractivity contribution in [2.24, 2.45) is 5.10 Å². The lowest BCUT2D eigenvalue weighted by Crippen LogP contribution is -1.94. The van der Waals surface area contributed by atoms with E-state index < -0.39 is 0 Å². The monoisotopic (exact) mass is 435 g/mol. The summed E-state index contributed by atoms with van der Waals surface area (Å²) in [6.07, 6.45) is 3.26. The van der Waals surface area contributed by atoms with E-state index in [1.54, 1.807) is 12.3 Å². The van der Waals surface area contributed by atoms with Crippen molar-refractivity contribution in [1.29, 1.82) is 0 Å². The Kier molecular flexibility index (Phi) is 4.49. The maximum absolute atomic E-state index is 9.81. The van der Waals surface area contributed by atoms with Gasteiger partial charge in [-0.1, -0.05) is 18.2 Å². The fourth-order valence-corrected chi connectivity index (χ4v) is 2.92. The average molecular weight is 437 g/mol. The van der Waals surface area contributed by atoms with Crippen molar-refractivity contribution in [3.05, 3.63) is 57.1 Å². The standard InChI is InChI=1S/C16H11Br2N3O2/c17-11-7-10(13(18)16(23)15(11)22)8-20-21-12-5-1-3-9-4-2-6-19-14(9)12/h1-8,21-23H/b20-8+. The molecule has 0 radical (unpaired) electrons. The Bertz CT molecular complexity index is 908. The first kappa shape index (κ1) is 15.8. The molecule has 0 aliphatic rings. The molecule has 0 bridgehead atoms. The third kappa shape index (κ3) is 3.16. The number of para-hydroxylation sites is 1. The highest BCUT2D eigenvalue weighted by atomic mass is 79.9. The quantitative estimate of drug-likeness (QED) is 0.318. The van der Waals surface area contributed by atoms with Gasteiger partial charge in [0.15, 0.2) is 11.5 Å². The smallest absolute Gasteiger partial charge is 0.173 e. The van der Waals surface area contributed by atoms with Crippen LogP contribution in [0.4, 0.5) is 5.69 Å². The minimum atomic E-state index is -0.243. The van der Waals surface area contributed by atoms with Gasteiger partial charge in [-0.15, -0.1) is 0 Å². The summed E-state index contributed by atoms with van der Waals surface area (Å²) < 4.78 is 0.742. The highest BCUT2D eigenvalue weighted by Crippen LogP contribution is 2.40. The van der Waals surface area contributed by atoms with Gasteiger partial charge >= 0.3 is 0 Å². The molecule has 7 heteroatoms. The molecule has 0 aliphatic carbocycles. The molecule has 116 valence electrons. The number of anilines is 1. The molecule has 23 heavy (non-hydrogen) atoms. The highest BCUT2D eigenvalue weighted by Gasteiger charge is 2.12. The number of aromatic nitrogens is 1. The molecule has 0 saturated heterocycles. The number of halogens is 2. The van der Waals surface area contributed by atoms with Gasteiger partial charge < -0.3 is 10.2 Å². The first-order chi connectivity index (χ1) is 11.1. The molecule has 0 atom stereocenters. The molecular formula is C16H11Br2N3O2. The molecule has 3 rings (SSSR count). The predicted molar refractivity (Wildman–Crippen MR) is 98.1 cm³/mol. The maximum Gasteiger partial charge on any atom is 0.173 e. The number of rotatable bonds is 3. The fourth-order valence-electron chi connectivity index (χ4n) is 2.08. The van der Waals surface area contributed by atoms with Crippen molar-refractivity contribution < 1.29 is 10.2 Å². The zero-order chi connectivity index (χ0) is 16.4. The molecule has 3 N–H and O–H groups in total. The van der Waals surface area contributed by atoms with E-state index in [2.05, 4.69) is 47.4 Å². The van der Waals surface area contributed by atoms with E-state index >= 15 is 0 Å². The van der Waals surface area contributed by atoms with Gasteiger partial charge in [-0.25, -0.2) is 0 Å². The third-order valence-electron chi connectivity index (χ3n) is 3.22. The summed E-state index contributed by atoms with van der Waals surface area (Å²) in [4.78, 5) is 4.34. The number of aromatic hydroxyl groups is 2. The van der Waals surface area contributed by atoms with E-state index in [0.29, 0.717) is 14.5 Å². The largest absolute Gasteiger partial charge is 0.503 e. The average Bonchev–Trinajstić information content (AvgIpc) is 2.57. The lowest BCUT2D eigenvalue weighted by Gasteiger charge is -2.07. The SMILES string of the molecule is Oc1c(Br)cc(/C=N/Nc2cccc3cccnc23)c(Br)c1O. The number of nitrogens with zero attached hydrogens (tertiary/aromatic N) is 2. The molecule has 0 aliphatic heterocycles. The summed E-state index contributed by atoms with van der Waals surface area (Å²) in [7, 11) is 0. The molecule has 2 aromatic carbocycles. The minimum absolute atomic E-state index is 0.222. The van der Waals surface area contributed by atoms with Crippen LogP contribution in [0.25, 0.3) is 10.9 Å². The van der Waals surface area contributed by atoms with Crippen molar-refractivity contribution in [3.8, 4) is 11.5 Å². The second-order valence-electron chi connectivity index (χ2n) is 4.71. The molecule has 5 nitrogen and oxygen atoms in total. The van der Waals surface area contributed by atoms with Gasteiger partial charge in [0, 0.05) is 17.1 Å². The van der Waals surface area contributed by atoms with Gasteiger partial charge in [0.2, 0.25) is 0 Å². The van der Waals surface area contributed by atoms with Crippen LogP contribution in [0.5, 0.6) is 11.5 Å². The number of phenols is 2. The Balaban J connectivity index is 1.90. The van der Waals surface area contributed by atoms with Crippen molar-refractivity contribution in [3.63, 3.8) is 0 Å². The summed E-state index contributed by atoms with van der Waals surface area (Å²) >= 11 is 6.41. The van der Waals surface area contributed by atoms with Crippen molar-refractivity contribution in [1.82, 2.24) is 4.98 Å². The first-order valence-electron chi connectivity index (χ1n) is 6.60. The Morgan fingerprint density at radius 3 is 2.70 bits per heavy atom. The van der Waals surface area contributed by atoms with E-state index in [1.165, 1.54) is 6.21 Å². The van der Waals surface area contributed by atoms with Crippen molar-refractivity contribution in [2.75, 3.05) is 5.43 Å². The summed E-state index contributed by atoms with van der Waals surface area (Å²) in [5.41, 5.74) is 5.14. The summed E-state index contributed by atoms with van der Waals surface area (Å²) in [5.74, 6) is -0.465. The van der Waals surface area contributed by atoms with E-state index in [1.807, 2.05) is 30.3 Å². The molecule has 0 spiro atoms. The van der Waals surface area contributed by atoms with E-state index in [4.69, 9.17) is 0 Å². The molecule has 0 amide bonds. The Morgan fingerprint density at radius 1 is 1.09 bits per heavy atom. The van der Waals surface area contributed by atoms with Gasteiger partial charge in [0.05, 0.1) is 26.4 Å². The number of phenolic OH excluding ortho intramolecular Hbond substituents is 2. The van der Waals surface area contributed by atoms with Gasteiger partial charge in [-0.3, -0.25) is 10.4 Å². The Hall–Kier alpha value is -2.12. The molecule has 0 fully saturated rings. The number of hydrazone groups is 1. The summed E-state index contributed by atoms with van der Waals surface area (Å²) in [6.45, 7) is 0. The van der Waals surface area contributed by atoms with Crippen LogP contribution in [0.15, 0.2) is 56.6 Å². The first-order valence-corrected chi connectivity index (χ1v) is 8.19. The minimum Gasteiger partial charge on any atom is -0.503 e. The van der Waals surface area contributed by atoms with Gasteiger partial charge in [0.1, 0.15) is 0 Å². The number of hydrogen-bond donors (Lipinski definition) is 3. The highest BCUT2D eigenvalue weighted by molar-refractivity contribution is 9.11. The van der Waals surface area contributed by atoms with Crippen LogP contribution in [-0.2, 0) is 0 Å². The van der Waals surface area contributed by atoms with E-state index in [9.17, 15) is 10.2 Å². The zero-order valence-corrected chi connectivity index (χ0v) is 14.8.